The molecule has 20 heteroatoms. The third-order valence-corrected chi connectivity index (χ3v) is 23.4. The summed E-state index contributed by atoms with van der Waals surface area (Å²) in [6, 6.07) is 9.74. The molecule has 6 heterocycles. The third-order valence-electron chi connectivity index (χ3n) is 23.4. The zero-order valence-corrected chi connectivity index (χ0v) is 57.8. The maximum atomic E-state index is 14.5. The fourth-order valence-corrected chi connectivity index (χ4v) is 17.6. The van der Waals surface area contributed by atoms with Gasteiger partial charge in [-0.1, -0.05) is 91.1 Å². The summed E-state index contributed by atoms with van der Waals surface area (Å²) in [6.45, 7) is 10.6. The quantitative estimate of drug-likeness (QED) is 0.130. The number of aromatic nitrogens is 4. The van der Waals surface area contributed by atoms with E-state index in [1.54, 1.807) is 24.0 Å². The van der Waals surface area contributed by atoms with E-state index in [1.165, 1.54) is 6.42 Å². The summed E-state index contributed by atoms with van der Waals surface area (Å²) >= 11 is 0. The molecule has 4 bridgehead atoms. The van der Waals surface area contributed by atoms with Crippen molar-refractivity contribution in [3.05, 3.63) is 47.8 Å². The van der Waals surface area contributed by atoms with E-state index in [0.29, 0.717) is 70.8 Å². The first-order chi connectivity index (χ1) is 43.4. The molecule has 14 atom stereocenters. The number of hydrogen-bond acceptors (Lipinski definition) is 16. The molecular weight excluding hydrogens is 1240 g/mol. The number of methoxy groups -OCH3 is 2. The molecule has 0 N–H and O–H groups in total. The Morgan fingerprint density at radius 1 is 0.522 bits per heavy atom. The van der Waals surface area contributed by atoms with Crippen LogP contribution in [0.5, 0.6) is 23.3 Å². The summed E-state index contributed by atoms with van der Waals surface area (Å²) < 4.78 is 36.6. The van der Waals surface area contributed by atoms with Crippen LogP contribution < -0.4 is 18.9 Å². The molecule has 5 aliphatic carbocycles. The van der Waals surface area contributed by atoms with Crippen LogP contribution in [0.15, 0.2) is 36.4 Å². The van der Waals surface area contributed by atoms with Crippen LogP contribution in [0.25, 0.3) is 22.1 Å². The van der Waals surface area contributed by atoms with Crippen molar-refractivity contribution in [2.45, 2.75) is 231 Å². The van der Waals surface area contributed by atoms with Crippen LogP contribution in [-0.2, 0) is 88.2 Å². The fraction of sp³-hybridized carbons (Fsp3) is 0.694. The second-order valence-corrected chi connectivity index (χ2v) is 29.2. The zero-order chi connectivity index (χ0) is 63.1. The molecule has 4 aromatic rings. The van der Waals surface area contributed by atoms with Gasteiger partial charge in [0, 0.05) is 49.2 Å². The average molecular weight is 1340 g/mol. The van der Waals surface area contributed by atoms with Crippen molar-refractivity contribution in [1.82, 2.24) is 29.7 Å². The van der Waals surface area contributed by atoms with E-state index < -0.39 is 41.7 Å². The predicted molar refractivity (Wildman–Crippen MR) is 337 cm³/mol. The summed E-state index contributed by atoms with van der Waals surface area (Å²) in [6.07, 6.45) is 25.6. The first kappa shape index (κ1) is 69.5. The van der Waals surface area contributed by atoms with Crippen molar-refractivity contribution in [2.24, 2.45) is 58.2 Å². The van der Waals surface area contributed by atoms with Gasteiger partial charge in [-0.15, -0.1) is 0 Å². The fourth-order valence-electron chi connectivity index (χ4n) is 17.6. The number of carbonyl (C=O) groups is 4. The van der Waals surface area contributed by atoms with Crippen LogP contribution in [-0.4, -0.2) is 129 Å². The Bertz CT molecular complexity index is 3220. The average Bonchev–Trinajstić information content (AvgIpc) is 1.68. The van der Waals surface area contributed by atoms with Gasteiger partial charge in [0.2, 0.25) is 23.6 Å². The summed E-state index contributed by atoms with van der Waals surface area (Å²) in [4.78, 5) is 104. The molecule has 4 aliphatic heterocycles. The van der Waals surface area contributed by atoms with Crippen molar-refractivity contribution in [3.63, 3.8) is 0 Å². The number of esters is 2. The van der Waals surface area contributed by atoms with Gasteiger partial charge in [0.15, 0.2) is 0 Å². The molecule has 18 nitrogen and oxygen atoms in total. The third kappa shape index (κ3) is 14.4. The Hall–Kier alpha value is -5.29. The van der Waals surface area contributed by atoms with E-state index >= 15 is 0 Å². The molecule has 9 aliphatic rings. The Balaban J connectivity index is 0.000000197. The zero-order valence-electron chi connectivity index (χ0n) is 55.0. The van der Waals surface area contributed by atoms with Gasteiger partial charge in [-0.05, 0) is 174 Å². The molecule has 7 fully saturated rings. The predicted octanol–water partition coefficient (Wildman–Crippen LogP) is 11.8. The minimum atomic E-state index is -0.776. The SMILES string of the molecule is COc1ccc2nc3c(nc2c1)O[C@H]1CN(C(=O)[C@H](C2(C)CCCC2)CC(=O)O[C@@H]2CC4CC4[C@H]2CCCCC3)[C@H]([C-]=O)[C@@H]1C.COc1ccc2nc3c(nc2c1)O[C@H]1CN(C(=O)[C@H](C2(C)CCCC2)CC(=O)O[C@]2(C)CCC[C@H]2CCCCC3)[C@H]([C-]=O)[C@@H]1C.[V].[V]. The Kier molecular flexibility index (Phi) is 22.2. The minimum Gasteiger partial charge on any atom is -0.540 e. The molecule has 13 rings (SSSR count). The maximum absolute atomic E-state index is 14.5. The van der Waals surface area contributed by atoms with Crippen molar-refractivity contribution in [1.29, 1.82) is 0 Å². The Labute approximate surface area is 566 Å². The number of hydrogen-bond donors (Lipinski definition) is 0. The number of benzene rings is 2. The molecule has 0 spiro atoms. The van der Waals surface area contributed by atoms with Crippen molar-refractivity contribution >= 4 is 58.4 Å². The summed E-state index contributed by atoms with van der Waals surface area (Å²) in [5.41, 5.74) is 3.30. The molecule has 496 valence electrons. The van der Waals surface area contributed by atoms with E-state index in [9.17, 15) is 28.8 Å². The van der Waals surface area contributed by atoms with E-state index in [-0.39, 0.29) is 116 Å². The Morgan fingerprint density at radius 2 is 1.00 bits per heavy atom. The van der Waals surface area contributed by atoms with E-state index in [1.807, 2.05) is 50.2 Å². The van der Waals surface area contributed by atoms with Crippen molar-refractivity contribution in [3.8, 4) is 23.3 Å². The number of carbonyl (C=O) groups excluding carboxylic acids is 6. The molecule has 2 aromatic carbocycles. The van der Waals surface area contributed by atoms with Crippen LogP contribution in [0.2, 0.25) is 0 Å². The van der Waals surface area contributed by atoms with Crippen molar-refractivity contribution < 1.29 is 94.3 Å². The van der Waals surface area contributed by atoms with E-state index in [4.69, 9.17) is 48.4 Å². The van der Waals surface area contributed by atoms with Gasteiger partial charge in [0.05, 0.1) is 74.1 Å². The molecular formula is C72H94N6O12V2-2. The van der Waals surface area contributed by atoms with Gasteiger partial charge in [0.1, 0.15) is 46.8 Å². The largest absolute Gasteiger partial charge is 0.540 e. The number of fused-ring (bicyclic) bond motifs is 12. The number of rotatable bonds is 6. The van der Waals surface area contributed by atoms with E-state index in [0.717, 1.165) is 151 Å². The first-order valence-corrected chi connectivity index (χ1v) is 34.2. The van der Waals surface area contributed by atoms with Gasteiger partial charge in [-0.25, -0.2) is 32.5 Å². The molecule has 92 heavy (non-hydrogen) atoms. The van der Waals surface area contributed by atoms with Crippen LogP contribution in [0.4, 0.5) is 0 Å². The smallest absolute Gasteiger partial charge is 0.307 e. The maximum Gasteiger partial charge on any atom is 0.307 e. The van der Waals surface area contributed by atoms with Gasteiger partial charge >= 0.3 is 11.9 Å². The summed E-state index contributed by atoms with van der Waals surface area (Å²) in [7, 11) is 3.24. The monoisotopic (exact) mass is 1340 g/mol. The molecule has 2 saturated heterocycles. The van der Waals surface area contributed by atoms with Crippen molar-refractivity contribution in [2.75, 3.05) is 27.3 Å². The Morgan fingerprint density at radius 3 is 1.49 bits per heavy atom. The molecule has 2 unspecified atom stereocenters. The van der Waals surface area contributed by atoms with Gasteiger partial charge < -0.3 is 47.8 Å². The minimum absolute atomic E-state index is 0. The normalized spacial score (nSPS) is 33.1. The second kappa shape index (κ2) is 29.4. The number of nitrogens with zero attached hydrogens (tertiary/aromatic N) is 6. The van der Waals surface area contributed by atoms with Crippen LogP contribution in [0, 0.1) is 58.2 Å². The molecule has 2 amide bonds. The summed E-state index contributed by atoms with van der Waals surface area (Å²) in [5, 5.41) is 0. The van der Waals surface area contributed by atoms with Gasteiger partial charge in [-0.2, -0.15) is 0 Å². The first-order valence-electron chi connectivity index (χ1n) is 34.2. The number of aryl methyl sites for hydroxylation is 2. The van der Waals surface area contributed by atoms with E-state index in [2.05, 4.69) is 33.3 Å². The summed E-state index contributed by atoms with van der Waals surface area (Å²) in [5.74, 6) is 1.66. The number of amides is 2. The number of ether oxygens (including phenoxy) is 6. The second-order valence-electron chi connectivity index (χ2n) is 29.2. The van der Waals surface area contributed by atoms with Crippen LogP contribution >= 0.6 is 0 Å². The standard InChI is InChI=1S/C36H46N3O6.C36H48N3O6.2V/c1-21-30(20-40)39-19-32(21)45-34-28(37-27-12-11-23(43-3)17-29(27)38-34)10-6-4-5-9-24-25-15-22(25)16-31(24)44-33(41)18-26(35(39)42)36(2)13-7-8-14-36;1-23-30(22-40)39-21-31(23)44-33-28(37-27-15-14-25(43-4)19-29(27)38-33)13-7-5-6-11-24-12-10-18-36(24,3)45-32(41)20-26(34(39)42)35(2)16-8-9-17-35;;/h11-12,17,21-22,24-26,30-32H,4-10,13-16,18-19H2,1-3H3;14-15,19,23-24,26,30-31H,5-13,16-18,20-21H2,1-4H3;;/q2*-1;;/t21-,22?,24+,25?,26+,30+,31+,32-;23-,24+,26+,30+,31-,36+;;/m00../s1. The topological polar surface area (TPSA) is 216 Å². The van der Waals surface area contributed by atoms with Crippen LogP contribution in [0.1, 0.15) is 194 Å². The molecule has 5 saturated carbocycles. The van der Waals surface area contributed by atoms with Gasteiger partial charge in [-0.3, -0.25) is 19.2 Å². The van der Waals surface area contributed by atoms with Gasteiger partial charge in [0.25, 0.3) is 0 Å². The molecule has 2 aromatic heterocycles. The van der Waals surface area contributed by atoms with Crippen LogP contribution in [0.3, 0.4) is 0 Å². The molecule has 2 radical (unpaired) electrons.